The van der Waals surface area contributed by atoms with Crippen LogP contribution in [0.25, 0.3) is 21.9 Å². The van der Waals surface area contributed by atoms with E-state index in [-0.39, 0.29) is 11.8 Å². The summed E-state index contributed by atoms with van der Waals surface area (Å²) in [6.07, 6.45) is 8.89. The second-order valence-electron chi connectivity index (χ2n) is 11.9. The number of likely N-dealkylation sites (N-methyl/N-ethyl adjacent to an activating group) is 1. The van der Waals surface area contributed by atoms with Crippen LogP contribution in [-0.2, 0) is 7.05 Å². The van der Waals surface area contributed by atoms with Crippen molar-refractivity contribution >= 4 is 40.0 Å². The van der Waals surface area contributed by atoms with Crippen LogP contribution in [0.4, 0.5) is 17.5 Å². The Kier molecular flexibility index (Phi) is 8.02. The van der Waals surface area contributed by atoms with E-state index < -0.39 is 0 Å². The van der Waals surface area contributed by atoms with E-state index in [2.05, 4.69) is 53.2 Å². The van der Waals surface area contributed by atoms with E-state index >= 15 is 0 Å². The molecule has 6 heterocycles. The van der Waals surface area contributed by atoms with Crippen molar-refractivity contribution in [1.82, 2.24) is 34.5 Å². The zero-order chi connectivity index (χ0) is 31.6. The molecule has 2 aliphatic heterocycles. The van der Waals surface area contributed by atoms with Gasteiger partial charge in [0.05, 0.1) is 11.8 Å². The quantitative estimate of drug-likeness (QED) is 0.307. The summed E-state index contributed by atoms with van der Waals surface area (Å²) in [5, 5.41) is 9.15. The molecule has 2 amide bonds. The van der Waals surface area contributed by atoms with Gasteiger partial charge in [0.2, 0.25) is 0 Å². The molecule has 0 bridgehead atoms. The molecular formula is C34H36N10O2. The van der Waals surface area contributed by atoms with E-state index in [0.29, 0.717) is 48.9 Å². The topological polar surface area (TPSA) is 116 Å². The monoisotopic (exact) mass is 616 g/mol. The molecule has 7 rings (SSSR count). The molecule has 234 valence electrons. The summed E-state index contributed by atoms with van der Waals surface area (Å²) in [4.78, 5) is 48.5. The van der Waals surface area contributed by atoms with Crippen LogP contribution < -0.4 is 15.1 Å². The first kappa shape index (κ1) is 29.4. The number of carbonyl (C=O) groups excluding carboxylic acids is 2. The average Bonchev–Trinajstić information content (AvgIpc) is 3.54. The Morgan fingerprint density at radius 3 is 2.20 bits per heavy atom. The first-order valence-corrected chi connectivity index (χ1v) is 15.5. The molecule has 2 aliphatic rings. The molecule has 0 radical (unpaired) electrons. The fourth-order valence-electron chi connectivity index (χ4n) is 5.94. The van der Waals surface area contributed by atoms with Crippen molar-refractivity contribution in [2.24, 2.45) is 7.05 Å². The van der Waals surface area contributed by atoms with Crippen molar-refractivity contribution in [3.63, 3.8) is 0 Å². The van der Waals surface area contributed by atoms with Gasteiger partial charge < -0.3 is 24.9 Å². The Morgan fingerprint density at radius 2 is 1.46 bits per heavy atom. The Hall–Kier alpha value is -5.36. The zero-order valence-corrected chi connectivity index (χ0v) is 26.0. The highest BCUT2D eigenvalue weighted by atomic mass is 16.2. The van der Waals surface area contributed by atoms with Gasteiger partial charge in [0.25, 0.3) is 11.8 Å². The molecule has 0 unspecified atom stereocenters. The Bertz CT molecular complexity index is 1870. The van der Waals surface area contributed by atoms with E-state index in [1.165, 1.54) is 0 Å². The Morgan fingerprint density at radius 1 is 0.674 bits per heavy atom. The molecule has 1 aromatic carbocycles. The molecule has 12 nitrogen and oxygen atoms in total. The maximum atomic E-state index is 13.2. The van der Waals surface area contributed by atoms with Crippen LogP contribution >= 0.6 is 0 Å². The van der Waals surface area contributed by atoms with Crippen molar-refractivity contribution in [2.45, 2.75) is 0 Å². The van der Waals surface area contributed by atoms with Gasteiger partial charge in [-0.2, -0.15) is 5.10 Å². The van der Waals surface area contributed by atoms with Crippen LogP contribution in [0.2, 0.25) is 0 Å². The second-order valence-corrected chi connectivity index (χ2v) is 11.9. The predicted molar refractivity (Wildman–Crippen MR) is 178 cm³/mol. The summed E-state index contributed by atoms with van der Waals surface area (Å²) in [7, 11) is 4.02. The highest BCUT2D eigenvalue weighted by Gasteiger charge is 2.24. The summed E-state index contributed by atoms with van der Waals surface area (Å²) in [6.45, 7) is 6.22. The number of aromatic nitrogens is 5. The van der Waals surface area contributed by atoms with E-state index in [9.17, 15) is 9.59 Å². The van der Waals surface area contributed by atoms with Gasteiger partial charge in [0, 0.05) is 101 Å². The minimum Gasteiger partial charge on any atom is -0.354 e. The highest BCUT2D eigenvalue weighted by molar-refractivity contribution is 6.05. The van der Waals surface area contributed by atoms with Crippen LogP contribution in [0.5, 0.6) is 0 Å². The van der Waals surface area contributed by atoms with Gasteiger partial charge in [-0.25, -0.2) is 15.0 Å². The van der Waals surface area contributed by atoms with Crippen LogP contribution in [-0.4, -0.2) is 106 Å². The Labute approximate surface area is 267 Å². The average molecular weight is 617 g/mol. The molecule has 0 aliphatic carbocycles. The fourth-order valence-corrected chi connectivity index (χ4v) is 5.94. The SMILES string of the molecule is CN1CCN(c2ccc(C(=O)N3CCN(c4cc(C(=O)Nc5cc6cc(-c7cnn(C)c7)ccc6cn5)ccn4)CC3)cn2)CC1. The molecule has 5 aromatic rings. The lowest BCUT2D eigenvalue weighted by Crippen LogP contribution is -2.49. The maximum Gasteiger partial charge on any atom is 0.257 e. The molecule has 12 heteroatoms. The molecule has 0 atom stereocenters. The summed E-state index contributed by atoms with van der Waals surface area (Å²) >= 11 is 0. The number of hydrogen-bond acceptors (Lipinski definition) is 9. The number of nitrogens with zero attached hydrogens (tertiary/aromatic N) is 9. The maximum absolute atomic E-state index is 13.2. The number of pyridine rings is 3. The normalized spacial score (nSPS) is 15.7. The predicted octanol–water partition coefficient (Wildman–Crippen LogP) is 3.39. The summed E-state index contributed by atoms with van der Waals surface area (Å²) in [6, 6.07) is 15.3. The lowest BCUT2D eigenvalue weighted by molar-refractivity contribution is 0.0746. The fraction of sp³-hybridized carbons (Fsp3) is 0.294. The number of piperazine rings is 2. The number of benzene rings is 1. The molecule has 2 saturated heterocycles. The van der Waals surface area contributed by atoms with Crippen molar-refractivity contribution in [2.75, 3.05) is 74.5 Å². The standard InChI is InChI=1S/C34H36N10O2/c1-40-9-11-42(12-10-40)31-6-5-27(21-37-31)34(46)44-15-13-43(14-16-44)32-19-25(7-8-35-32)33(45)39-30-18-28-17-24(3-4-26(28)20-36-30)29-22-38-41(2)23-29/h3-8,17-23H,9-16H2,1-2H3,(H,36,39,45). The summed E-state index contributed by atoms with van der Waals surface area (Å²) in [5.74, 6) is 1.80. The van der Waals surface area contributed by atoms with Crippen molar-refractivity contribution in [3.8, 4) is 11.1 Å². The molecule has 1 N–H and O–H groups in total. The van der Waals surface area contributed by atoms with E-state index in [1.54, 1.807) is 35.4 Å². The highest BCUT2D eigenvalue weighted by Crippen LogP contribution is 2.26. The van der Waals surface area contributed by atoms with E-state index in [4.69, 9.17) is 0 Å². The molecule has 0 saturated carbocycles. The second kappa shape index (κ2) is 12.6. The van der Waals surface area contributed by atoms with Crippen LogP contribution in [0.15, 0.2) is 79.5 Å². The minimum atomic E-state index is -0.264. The minimum absolute atomic E-state index is 0.0198. The summed E-state index contributed by atoms with van der Waals surface area (Å²) < 4.78 is 1.77. The number of carbonyl (C=O) groups is 2. The third kappa shape index (κ3) is 6.24. The number of aryl methyl sites for hydroxylation is 1. The van der Waals surface area contributed by atoms with Gasteiger partial charge in [-0.3, -0.25) is 14.3 Å². The number of anilines is 3. The van der Waals surface area contributed by atoms with Gasteiger partial charge in [0.15, 0.2) is 0 Å². The number of hydrogen-bond donors (Lipinski definition) is 1. The van der Waals surface area contributed by atoms with Gasteiger partial charge in [-0.1, -0.05) is 12.1 Å². The molecule has 46 heavy (non-hydrogen) atoms. The van der Waals surface area contributed by atoms with E-state index in [1.807, 2.05) is 54.7 Å². The van der Waals surface area contributed by atoms with Crippen LogP contribution in [0.3, 0.4) is 0 Å². The molecule has 2 fully saturated rings. The number of nitrogens with one attached hydrogen (secondary N) is 1. The van der Waals surface area contributed by atoms with Gasteiger partial charge in [-0.15, -0.1) is 0 Å². The lowest BCUT2D eigenvalue weighted by atomic mass is 10.1. The lowest BCUT2D eigenvalue weighted by Gasteiger charge is -2.35. The van der Waals surface area contributed by atoms with Gasteiger partial charge >= 0.3 is 0 Å². The van der Waals surface area contributed by atoms with Crippen molar-refractivity contribution in [1.29, 1.82) is 0 Å². The van der Waals surface area contributed by atoms with Crippen LogP contribution in [0.1, 0.15) is 20.7 Å². The number of fused-ring (bicyclic) bond motifs is 1. The Balaban J connectivity index is 0.967. The van der Waals surface area contributed by atoms with E-state index in [0.717, 1.165) is 53.9 Å². The number of rotatable bonds is 6. The van der Waals surface area contributed by atoms with Crippen molar-refractivity contribution < 1.29 is 9.59 Å². The molecule has 0 spiro atoms. The zero-order valence-electron chi connectivity index (χ0n) is 26.0. The third-order valence-corrected chi connectivity index (χ3v) is 8.72. The molecule has 4 aromatic heterocycles. The first-order valence-electron chi connectivity index (χ1n) is 15.5. The van der Waals surface area contributed by atoms with Crippen LogP contribution in [0, 0.1) is 0 Å². The van der Waals surface area contributed by atoms with Gasteiger partial charge in [-0.05, 0) is 54.4 Å². The largest absolute Gasteiger partial charge is 0.354 e. The van der Waals surface area contributed by atoms with Crippen molar-refractivity contribution in [3.05, 3.63) is 90.6 Å². The van der Waals surface area contributed by atoms with Gasteiger partial charge in [0.1, 0.15) is 17.5 Å². The summed E-state index contributed by atoms with van der Waals surface area (Å²) in [5.41, 5.74) is 3.15. The third-order valence-electron chi connectivity index (χ3n) is 8.72. The first-order chi connectivity index (χ1) is 22.4. The molecular weight excluding hydrogens is 580 g/mol. The number of amides is 2. The smallest absolute Gasteiger partial charge is 0.257 e.